The van der Waals surface area contributed by atoms with Crippen molar-refractivity contribution in [3.8, 4) is 0 Å². The molecule has 9 heteroatoms. The molecule has 0 aromatic rings. The summed E-state index contributed by atoms with van der Waals surface area (Å²) < 4.78 is 11.1. The monoisotopic (exact) mass is 332 g/mol. The van der Waals surface area contributed by atoms with Crippen LogP contribution in [-0.4, -0.2) is 70.6 Å². The molecule has 2 saturated heterocycles. The third-order valence-electron chi connectivity index (χ3n) is 3.41. The number of nitrogens with zero attached hydrogens (tertiary/aromatic N) is 1. The van der Waals surface area contributed by atoms with E-state index in [1.165, 1.54) is 0 Å². The van der Waals surface area contributed by atoms with Crippen LogP contribution in [0.4, 0.5) is 4.79 Å². The van der Waals surface area contributed by atoms with E-state index in [9.17, 15) is 4.79 Å². The summed E-state index contributed by atoms with van der Waals surface area (Å²) in [7, 11) is 0. The van der Waals surface area contributed by atoms with Crippen LogP contribution >= 0.6 is 0 Å². The van der Waals surface area contributed by atoms with Gasteiger partial charge in [-0.3, -0.25) is 0 Å². The maximum Gasteiger partial charge on any atom is 0.414 e. The zero-order chi connectivity index (χ0) is 17.8. The summed E-state index contributed by atoms with van der Waals surface area (Å²) in [6.07, 6.45) is 1.04. The molecule has 1 amide bonds. The second kappa shape index (κ2) is 7.60. The molecule has 0 aromatic heterocycles. The van der Waals surface area contributed by atoms with Crippen molar-refractivity contribution in [1.82, 2.24) is 4.90 Å². The normalized spacial score (nSPS) is 26.1. The predicted molar refractivity (Wildman–Crippen MR) is 78.9 cm³/mol. The standard InChI is InChI=1S/C12H22N2O3.C2H2O4/c1-12(2,3)17-11(15)14-6-8-4-9(5-13)16-10(8)7-14;3-1(4)2(5)6/h8-10H,4-7,13H2,1-3H3;(H,3,4)(H,5,6)/t8-,9?,10-;/m0./s1. The molecule has 132 valence electrons. The molecule has 3 atom stereocenters. The maximum absolute atomic E-state index is 11.9. The second-order valence-corrected chi connectivity index (χ2v) is 6.52. The first-order valence-corrected chi connectivity index (χ1v) is 7.33. The molecule has 2 aliphatic heterocycles. The van der Waals surface area contributed by atoms with E-state index < -0.39 is 17.5 Å². The fourth-order valence-corrected chi connectivity index (χ4v) is 2.49. The Bertz CT molecular complexity index is 435. The molecule has 9 nitrogen and oxygen atoms in total. The predicted octanol–water partition coefficient (Wildman–Crippen LogP) is 0.125. The number of carboxylic acids is 2. The van der Waals surface area contributed by atoms with Gasteiger partial charge >= 0.3 is 18.0 Å². The number of carbonyl (C=O) groups is 3. The van der Waals surface area contributed by atoms with Crippen LogP contribution in [0.15, 0.2) is 0 Å². The Balaban J connectivity index is 0.000000379. The van der Waals surface area contributed by atoms with Gasteiger partial charge < -0.3 is 30.3 Å². The van der Waals surface area contributed by atoms with Crippen LogP contribution in [0, 0.1) is 5.92 Å². The van der Waals surface area contributed by atoms with Crippen molar-refractivity contribution in [3.05, 3.63) is 0 Å². The Morgan fingerprint density at radius 2 is 1.78 bits per heavy atom. The number of likely N-dealkylation sites (tertiary alicyclic amines) is 1. The molecule has 2 rings (SSSR count). The zero-order valence-electron chi connectivity index (χ0n) is 13.5. The average Bonchev–Trinajstić information content (AvgIpc) is 2.94. The third-order valence-corrected chi connectivity index (χ3v) is 3.41. The molecule has 0 saturated carbocycles. The first-order valence-electron chi connectivity index (χ1n) is 7.33. The number of amides is 1. The van der Waals surface area contributed by atoms with Gasteiger partial charge in [-0.2, -0.15) is 0 Å². The molecule has 2 heterocycles. The summed E-state index contributed by atoms with van der Waals surface area (Å²) in [6, 6.07) is 0. The molecule has 0 aromatic carbocycles. The summed E-state index contributed by atoms with van der Waals surface area (Å²) in [4.78, 5) is 31.8. The van der Waals surface area contributed by atoms with Gasteiger partial charge in [-0.25, -0.2) is 14.4 Å². The minimum absolute atomic E-state index is 0.149. The van der Waals surface area contributed by atoms with Gasteiger partial charge in [0, 0.05) is 19.0 Å². The minimum atomic E-state index is -1.82. The van der Waals surface area contributed by atoms with Crippen molar-refractivity contribution in [2.75, 3.05) is 19.6 Å². The van der Waals surface area contributed by atoms with E-state index in [1.807, 2.05) is 20.8 Å². The Labute approximate surface area is 134 Å². The van der Waals surface area contributed by atoms with Gasteiger partial charge in [0.05, 0.1) is 18.8 Å². The van der Waals surface area contributed by atoms with E-state index in [2.05, 4.69) is 0 Å². The first-order chi connectivity index (χ1) is 10.5. The fourth-order valence-electron chi connectivity index (χ4n) is 2.49. The smallest absolute Gasteiger partial charge is 0.414 e. The van der Waals surface area contributed by atoms with Crippen molar-refractivity contribution in [1.29, 1.82) is 0 Å². The number of nitrogens with two attached hydrogens (primary N) is 1. The fraction of sp³-hybridized carbons (Fsp3) is 0.786. The molecule has 0 spiro atoms. The molecule has 0 radical (unpaired) electrons. The lowest BCUT2D eigenvalue weighted by Gasteiger charge is -2.25. The highest BCUT2D eigenvalue weighted by Crippen LogP contribution is 2.33. The number of carbonyl (C=O) groups excluding carboxylic acids is 1. The molecule has 2 fully saturated rings. The number of fused-ring (bicyclic) bond motifs is 1. The summed E-state index contributed by atoms with van der Waals surface area (Å²) in [5.74, 6) is -3.22. The van der Waals surface area contributed by atoms with E-state index in [0.29, 0.717) is 19.0 Å². The Morgan fingerprint density at radius 3 is 2.17 bits per heavy atom. The van der Waals surface area contributed by atoms with Crippen LogP contribution in [0.5, 0.6) is 0 Å². The van der Waals surface area contributed by atoms with Gasteiger partial charge in [0.1, 0.15) is 5.60 Å². The first kappa shape index (κ1) is 19.2. The van der Waals surface area contributed by atoms with Crippen molar-refractivity contribution in [2.24, 2.45) is 11.7 Å². The summed E-state index contributed by atoms with van der Waals surface area (Å²) in [5.41, 5.74) is 5.15. The topological polar surface area (TPSA) is 139 Å². The molecule has 23 heavy (non-hydrogen) atoms. The zero-order valence-corrected chi connectivity index (χ0v) is 13.5. The van der Waals surface area contributed by atoms with Crippen LogP contribution < -0.4 is 5.73 Å². The lowest BCUT2D eigenvalue weighted by molar-refractivity contribution is -0.159. The molecule has 4 N–H and O–H groups in total. The van der Waals surface area contributed by atoms with Crippen LogP contribution in [0.3, 0.4) is 0 Å². The lowest BCUT2D eigenvalue weighted by Crippen LogP contribution is -2.37. The van der Waals surface area contributed by atoms with Crippen LogP contribution in [-0.2, 0) is 19.1 Å². The highest BCUT2D eigenvalue weighted by atomic mass is 16.6. The molecule has 0 bridgehead atoms. The summed E-state index contributed by atoms with van der Waals surface area (Å²) in [5, 5.41) is 14.8. The largest absolute Gasteiger partial charge is 0.473 e. The highest BCUT2D eigenvalue weighted by molar-refractivity contribution is 6.27. The van der Waals surface area contributed by atoms with Crippen LogP contribution in [0.25, 0.3) is 0 Å². The molecular weight excluding hydrogens is 308 g/mol. The molecule has 2 aliphatic rings. The molecule has 1 unspecified atom stereocenters. The third kappa shape index (κ3) is 6.03. The van der Waals surface area contributed by atoms with Gasteiger partial charge in [0.15, 0.2) is 0 Å². The second-order valence-electron chi connectivity index (χ2n) is 6.52. The van der Waals surface area contributed by atoms with Crippen molar-refractivity contribution >= 4 is 18.0 Å². The minimum Gasteiger partial charge on any atom is -0.473 e. The van der Waals surface area contributed by atoms with Crippen molar-refractivity contribution < 1.29 is 34.1 Å². The van der Waals surface area contributed by atoms with E-state index in [1.54, 1.807) is 4.90 Å². The molecular formula is C14H24N2O7. The van der Waals surface area contributed by atoms with E-state index in [0.717, 1.165) is 13.0 Å². The van der Waals surface area contributed by atoms with Gasteiger partial charge in [-0.05, 0) is 27.2 Å². The number of ether oxygens (including phenoxy) is 2. The number of rotatable bonds is 1. The Morgan fingerprint density at radius 1 is 1.22 bits per heavy atom. The number of aliphatic carboxylic acids is 2. The van der Waals surface area contributed by atoms with E-state index >= 15 is 0 Å². The van der Waals surface area contributed by atoms with Gasteiger partial charge in [0.25, 0.3) is 0 Å². The number of hydrogen-bond donors (Lipinski definition) is 3. The van der Waals surface area contributed by atoms with Crippen LogP contribution in [0.1, 0.15) is 27.2 Å². The SMILES string of the molecule is CC(C)(C)OC(=O)N1C[C@@H]2CC(CN)O[C@H]2C1.O=C(O)C(=O)O. The van der Waals surface area contributed by atoms with Crippen molar-refractivity contribution in [3.63, 3.8) is 0 Å². The van der Waals surface area contributed by atoms with E-state index in [4.69, 9.17) is 35.0 Å². The number of hydrogen-bond acceptors (Lipinski definition) is 6. The maximum atomic E-state index is 11.9. The highest BCUT2D eigenvalue weighted by Gasteiger charge is 2.43. The Kier molecular flexibility index (Phi) is 6.34. The average molecular weight is 332 g/mol. The summed E-state index contributed by atoms with van der Waals surface area (Å²) >= 11 is 0. The molecule has 0 aliphatic carbocycles. The summed E-state index contributed by atoms with van der Waals surface area (Å²) in [6.45, 7) is 7.57. The van der Waals surface area contributed by atoms with Crippen molar-refractivity contribution in [2.45, 2.75) is 45.0 Å². The quantitative estimate of drug-likeness (QED) is 0.575. The Hall–Kier alpha value is -1.87. The van der Waals surface area contributed by atoms with Gasteiger partial charge in [0.2, 0.25) is 0 Å². The van der Waals surface area contributed by atoms with Gasteiger partial charge in [-0.1, -0.05) is 0 Å². The van der Waals surface area contributed by atoms with Crippen LogP contribution in [0.2, 0.25) is 0 Å². The lowest BCUT2D eigenvalue weighted by atomic mass is 10.0. The van der Waals surface area contributed by atoms with Gasteiger partial charge in [-0.15, -0.1) is 0 Å². The number of carboxylic acid groups (broad SMARTS) is 2. The van der Waals surface area contributed by atoms with E-state index in [-0.39, 0.29) is 18.3 Å².